The van der Waals surface area contributed by atoms with E-state index in [0.29, 0.717) is 6.42 Å². The monoisotopic (exact) mass is 281 g/mol. The normalized spacial score (nSPS) is 24.4. The number of nitrogens with zero attached hydrogens (tertiary/aromatic N) is 2. The van der Waals surface area contributed by atoms with Crippen LogP contribution in [0.4, 0.5) is 5.69 Å². The van der Waals surface area contributed by atoms with Crippen molar-refractivity contribution in [2.24, 2.45) is 5.41 Å². The highest BCUT2D eigenvalue weighted by atomic mass is 35.5. The van der Waals surface area contributed by atoms with Crippen LogP contribution in [0.2, 0.25) is 5.02 Å². The molecule has 19 heavy (non-hydrogen) atoms. The Hall–Kier alpha value is -1.51. The molecular formula is C13H16ClN3O2. The molecule has 1 saturated carbocycles. The van der Waals surface area contributed by atoms with Gasteiger partial charge in [0.1, 0.15) is 12.2 Å². The molecule has 0 saturated heterocycles. The highest BCUT2D eigenvalue weighted by Gasteiger charge is 2.47. The van der Waals surface area contributed by atoms with Crippen LogP contribution in [0.25, 0.3) is 0 Å². The fraction of sp³-hybridized carbons (Fsp3) is 0.538. The minimum absolute atomic E-state index is 0.00520. The molecule has 2 unspecified atom stereocenters. The maximum absolute atomic E-state index is 12.1. The van der Waals surface area contributed by atoms with E-state index in [0.717, 1.165) is 0 Å². The first kappa shape index (κ1) is 13.9. The van der Waals surface area contributed by atoms with Crippen molar-refractivity contribution in [3.05, 3.63) is 21.6 Å². The van der Waals surface area contributed by atoms with Crippen LogP contribution in [-0.2, 0) is 6.54 Å². The topological polar surface area (TPSA) is 67.2 Å². The number of aliphatic hydroxyl groups is 1. The van der Waals surface area contributed by atoms with Gasteiger partial charge in [-0.05, 0) is 6.42 Å². The third kappa shape index (κ3) is 2.34. The van der Waals surface area contributed by atoms with E-state index < -0.39 is 0 Å². The van der Waals surface area contributed by atoms with Crippen LogP contribution in [-0.4, -0.2) is 27.0 Å². The van der Waals surface area contributed by atoms with Gasteiger partial charge in [0, 0.05) is 11.5 Å². The Morgan fingerprint density at radius 3 is 2.95 bits per heavy atom. The van der Waals surface area contributed by atoms with Gasteiger partial charge in [0.05, 0.1) is 17.3 Å². The second-order valence-electron chi connectivity index (χ2n) is 5.30. The minimum Gasteiger partial charge on any atom is -0.392 e. The average molecular weight is 282 g/mol. The molecule has 0 aliphatic heterocycles. The molecule has 2 rings (SSSR count). The van der Waals surface area contributed by atoms with Crippen molar-refractivity contribution >= 4 is 17.3 Å². The molecule has 1 aromatic rings. The number of anilines is 1. The largest absolute Gasteiger partial charge is 0.392 e. The number of hydrogen-bond donors (Lipinski definition) is 2. The van der Waals surface area contributed by atoms with E-state index in [2.05, 4.69) is 16.3 Å². The summed E-state index contributed by atoms with van der Waals surface area (Å²) in [5.41, 5.74) is -0.352. The molecular weight excluding hydrogens is 266 g/mol. The summed E-state index contributed by atoms with van der Waals surface area (Å²) < 4.78 is 1.18. The summed E-state index contributed by atoms with van der Waals surface area (Å²) >= 11 is 6.00. The first-order valence-corrected chi connectivity index (χ1v) is 6.39. The van der Waals surface area contributed by atoms with E-state index in [1.165, 1.54) is 10.9 Å². The number of halogens is 1. The second-order valence-corrected chi connectivity index (χ2v) is 5.71. The summed E-state index contributed by atoms with van der Waals surface area (Å²) in [7, 11) is 0. The lowest BCUT2D eigenvalue weighted by atomic mass is 9.64. The molecule has 1 aliphatic carbocycles. The molecule has 102 valence electrons. The Balaban J connectivity index is 2.29. The molecule has 0 radical (unpaired) electrons. The van der Waals surface area contributed by atoms with Crippen molar-refractivity contribution in [2.45, 2.75) is 39.0 Å². The molecule has 6 heteroatoms. The van der Waals surface area contributed by atoms with Crippen LogP contribution in [0.5, 0.6) is 0 Å². The molecule has 1 fully saturated rings. The van der Waals surface area contributed by atoms with Crippen LogP contribution < -0.4 is 10.9 Å². The van der Waals surface area contributed by atoms with Crippen LogP contribution in [0.1, 0.15) is 20.3 Å². The van der Waals surface area contributed by atoms with Crippen molar-refractivity contribution in [2.75, 3.05) is 5.32 Å². The minimum atomic E-state index is -0.376. The number of hydrogen-bond acceptors (Lipinski definition) is 4. The van der Waals surface area contributed by atoms with Crippen molar-refractivity contribution in [3.63, 3.8) is 0 Å². The predicted octanol–water partition coefficient (Wildman–Crippen LogP) is 1.10. The first-order valence-electron chi connectivity index (χ1n) is 6.01. The lowest BCUT2D eigenvalue weighted by molar-refractivity contribution is -0.0511. The Morgan fingerprint density at radius 1 is 1.74 bits per heavy atom. The maximum atomic E-state index is 12.1. The van der Waals surface area contributed by atoms with Gasteiger partial charge in [-0.1, -0.05) is 31.4 Å². The Labute approximate surface area is 116 Å². The molecule has 0 spiro atoms. The molecule has 2 atom stereocenters. The summed E-state index contributed by atoms with van der Waals surface area (Å²) in [6, 6.07) is -0.00520. The van der Waals surface area contributed by atoms with Gasteiger partial charge in [-0.15, -0.1) is 6.42 Å². The molecule has 0 bridgehead atoms. The zero-order chi connectivity index (χ0) is 14.2. The van der Waals surface area contributed by atoms with E-state index in [-0.39, 0.29) is 40.4 Å². The summed E-state index contributed by atoms with van der Waals surface area (Å²) in [5, 5.41) is 16.9. The standard InChI is InChI=1S/C13H16ClN3O2/c1-4-5-17-12(19)11(8(14)7-15-17)16-9-6-10(18)13(9,2)3/h1,7,9-10,16,18H,5-6H2,2-3H3. The van der Waals surface area contributed by atoms with E-state index >= 15 is 0 Å². The molecule has 0 amide bonds. The summed E-state index contributed by atoms with van der Waals surface area (Å²) in [6.07, 6.45) is 6.78. The molecule has 1 aromatic heterocycles. The molecule has 1 heterocycles. The lowest BCUT2D eigenvalue weighted by Crippen LogP contribution is -2.57. The smallest absolute Gasteiger partial charge is 0.292 e. The maximum Gasteiger partial charge on any atom is 0.292 e. The van der Waals surface area contributed by atoms with Gasteiger partial charge in [0.25, 0.3) is 5.56 Å². The van der Waals surface area contributed by atoms with E-state index in [1.807, 2.05) is 13.8 Å². The van der Waals surface area contributed by atoms with Gasteiger partial charge in [-0.3, -0.25) is 4.79 Å². The summed E-state index contributed by atoms with van der Waals surface area (Å²) in [6.45, 7) is 3.98. The molecule has 2 N–H and O–H groups in total. The Kier molecular flexibility index (Phi) is 3.57. The van der Waals surface area contributed by atoms with Gasteiger partial charge < -0.3 is 10.4 Å². The fourth-order valence-electron chi connectivity index (χ4n) is 2.12. The number of rotatable bonds is 3. The third-order valence-electron chi connectivity index (χ3n) is 3.77. The summed E-state index contributed by atoms with van der Waals surface area (Å²) in [4.78, 5) is 12.1. The average Bonchev–Trinajstić information content (AvgIpc) is 2.36. The number of aliphatic hydroxyl groups excluding tert-OH is 1. The second kappa shape index (κ2) is 4.87. The van der Waals surface area contributed by atoms with Gasteiger partial charge in [-0.2, -0.15) is 5.10 Å². The first-order chi connectivity index (χ1) is 8.87. The van der Waals surface area contributed by atoms with Crippen LogP contribution in [0, 0.1) is 17.8 Å². The van der Waals surface area contributed by atoms with Crippen molar-refractivity contribution in [3.8, 4) is 12.3 Å². The zero-order valence-corrected chi connectivity index (χ0v) is 11.6. The molecule has 0 aromatic carbocycles. The summed E-state index contributed by atoms with van der Waals surface area (Å²) in [5.74, 6) is 2.37. The number of aromatic nitrogens is 2. The van der Waals surface area contributed by atoms with Crippen molar-refractivity contribution in [1.29, 1.82) is 0 Å². The predicted molar refractivity (Wildman–Crippen MR) is 74.2 cm³/mol. The van der Waals surface area contributed by atoms with E-state index in [4.69, 9.17) is 18.0 Å². The Bertz CT molecular complexity index is 589. The van der Waals surface area contributed by atoms with Gasteiger partial charge in [0.15, 0.2) is 0 Å². The molecule has 1 aliphatic rings. The van der Waals surface area contributed by atoms with Crippen molar-refractivity contribution < 1.29 is 5.11 Å². The number of terminal acetylenes is 1. The zero-order valence-electron chi connectivity index (χ0n) is 10.9. The highest BCUT2D eigenvalue weighted by Crippen LogP contribution is 2.42. The van der Waals surface area contributed by atoms with Crippen LogP contribution in [0.15, 0.2) is 11.0 Å². The van der Waals surface area contributed by atoms with E-state index in [9.17, 15) is 9.90 Å². The van der Waals surface area contributed by atoms with E-state index in [1.54, 1.807) is 0 Å². The lowest BCUT2D eigenvalue weighted by Gasteiger charge is -2.49. The molecule has 5 nitrogen and oxygen atoms in total. The Morgan fingerprint density at radius 2 is 2.42 bits per heavy atom. The van der Waals surface area contributed by atoms with Crippen LogP contribution >= 0.6 is 11.6 Å². The third-order valence-corrected chi connectivity index (χ3v) is 4.06. The van der Waals surface area contributed by atoms with Crippen molar-refractivity contribution in [1.82, 2.24) is 9.78 Å². The fourth-order valence-corrected chi connectivity index (χ4v) is 2.30. The highest BCUT2D eigenvalue weighted by molar-refractivity contribution is 6.33. The van der Waals surface area contributed by atoms with Gasteiger partial charge in [0.2, 0.25) is 0 Å². The SMILES string of the molecule is C#CCn1ncc(Cl)c(NC2CC(O)C2(C)C)c1=O. The van der Waals surface area contributed by atoms with Crippen LogP contribution in [0.3, 0.4) is 0 Å². The quantitative estimate of drug-likeness (QED) is 0.814. The number of nitrogens with one attached hydrogen (secondary N) is 1. The van der Waals surface area contributed by atoms with Gasteiger partial charge >= 0.3 is 0 Å². The van der Waals surface area contributed by atoms with Gasteiger partial charge in [-0.25, -0.2) is 4.68 Å².